The lowest BCUT2D eigenvalue weighted by Gasteiger charge is -2.11. The van der Waals surface area contributed by atoms with Crippen LogP contribution in [0, 0.1) is 6.92 Å². The molecule has 3 heteroatoms. The maximum Gasteiger partial charge on any atom is 0.133 e. The van der Waals surface area contributed by atoms with Gasteiger partial charge in [-0.25, -0.2) is 4.68 Å². The Bertz CT molecular complexity index is 598. The molecule has 106 valence electrons. The molecule has 0 aliphatic carbocycles. The third-order valence-corrected chi connectivity index (χ3v) is 4.04. The molecule has 1 aromatic heterocycles. The maximum absolute atomic E-state index is 4.91. The molecular formula is C17H23N3. The number of benzene rings is 1. The summed E-state index contributed by atoms with van der Waals surface area (Å²) < 4.78 is 2.13. The van der Waals surface area contributed by atoms with Gasteiger partial charge in [0.25, 0.3) is 0 Å². The van der Waals surface area contributed by atoms with E-state index in [1.54, 1.807) is 0 Å². The van der Waals surface area contributed by atoms with E-state index in [4.69, 9.17) is 5.10 Å². The van der Waals surface area contributed by atoms with Gasteiger partial charge in [0.2, 0.25) is 0 Å². The largest absolute Gasteiger partial charge is 0.370 e. The first-order valence-electron chi connectivity index (χ1n) is 7.72. The molecule has 2 heterocycles. The fourth-order valence-electron chi connectivity index (χ4n) is 2.99. The number of aryl methyl sites for hydroxylation is 2. The molecule has 0 amide bonds. The number of fused-ring (bicyclic) bond motifs is 1. The minimum atomic E-state index is 1.05. The highest BCUT2D eigenvalue weighted by Crippen LogP contribution is 2.29. The van der Waals surface area contributed by atoms with Crippen molar-refractivity contribution in [2.75, 3.05) is 11.9 Å². The Morgan fingerprint density at radius 1 is 1.25 bits per heavy atom. The van der Waals surface area contributed by atoms with Gasteiger partial charge in [-0.3, -0.25) is 0 Å². The Morgan fingerprint density at radius 2 is 2.10 bits per heavy atom. The summed E-state index contributed by atoms with van der Waals surface area (Å²) in [7, 11) is 0. The van der Waals surface area contributed by atoms with Crippen LogP contribution in [0.15, 0.2) is 24.3 Å². The normalized spacial score (nSPS) is 14.5. The number of para-hydroxylation sites is 1. The van der Waals surface area contributed by atoms with Crippen molar-refractivity contribution in [2.45, 2.75) is 46.0 Å². The summed E-state index contributed by atoms with van der Waals surface area (Å²) >= 11 is 0. The van der Waals surface area contributed by atoms with Crippen LogP contribution >= 0.6 is 0 Å². The summed E-state index contributed by atoms with van der Waals surface area (Å²) in [5.74, 6) is 1.22. The zero-order valence-electron chi connectivity index (χ0n) is 12.4. The third kappa shape index (κ3) is 2.33. The van der Waals surface area contributed by atoms with Gasteiger partial charge in [-0.1, -0.05) is 31.5 Å². The third-order valence-electron chi connectivity index (χ3n) is 4.04. The van der Waals surface area contributed by atoms with Gasteiger partial charge < -0.3 is 5.32 Å². The molecule has 0 radical (unpaired) electrons. The second-order valence-electron chi connectivity index (χ2n) is 5.61. The molecule has 0 saturated carbocycles. The molecule has 1 N–H and O–H groups in total. The van der Waals surface area contributed by atoms with Crippen molar-refractivity contribution in [1.82, 2.24) is 9.78 Å². The quantitative estimate of drug-likeness (QED) is 0.916. The highest BCUT2D eigenvalue weighted by molar-refractivity contribution is 5.56. The zero-order valence-corrected chi connectivity index (χ0v) is 12.4. The first kappa shape index (κ1) is 13.2. The van der Waals surface area contributed by atoms with E-state index in [9.17, 15) is 0 Å². The summed E-state index contributed by atoms with van der Waals surface area (Å²) in [5, 5.41) is 8.51. The van der Waals surface area contributed by atoms with Crippen LogP contribution in [0.1, 0.15) is 43.0 Å². The molecule has 0 spiro atoms. The Kier molecular flexibility index (Phi) is 3.77. The van der Waals surface area contributed by atoms with Crippen LogP contribution < -0.4 is 5.32 Å². The van der Waals surface area contributed by atoms with E-state index in [0.717, 1.165) is 25.8 Å². The van der Waals surface area contributed by atoms with E-state index in [-0.39, 0.29) is 0 Å². The van der Waals surface area contributed by atoms with Gasteiger partial charge in [0.05, 0.1) is 11.4 Å². The van der Waals surface area contributed by atoms with E-state index in [1.807, 2.05) is 0 Å². The van der Waals surface area contributed by atoms with E-state index < -0.39 is 0 Å². The Labute approximate surface area is 121 Å². The van der Waals surface area contributed by atoms with Gasteiger partial charge in [-0.2, -0.15) is 5.10 Å². The molecule has 20 heavy (non-hydrogen) atoms. The number of nitrogens with zero attached hydrogens (tertiary/aromatic N) is 2. The van der Waals surface area contributed by atoms with Crippen LogP contribution in [-0.2, 0) is 12.8 Å². The Hall–Kier alpha value is -1.77. The van der Waals surface area contributed by atoms with E-state index in [2.05, 4.69) is 48.1 Å². The summed E-state index contributed by atoms with van der Waals surface area (Å²) in [6, 6.07) is 8.48. The molecule has 1 aliphatic rings. The maximum atomic E-state index is 4.91. The van der Waals surface area contributed by atoms with Gasteiger partial charge in [0.1, 0.15) is 5.82 Å². The van der Waals surface area contributed by atoms with Crippen molar-refractivity contribution in [1.29, 1.82) is 0 Å². The molecule has 0 atom stereocenters. The van der Waals surface area contributed by atoms with Gasteiger partial charge in [-0.05, 0) is 44.2 Å². The SMILES string of the molecule is CCCc1nn(-c2ccccc2C)c2c1CCCCN2. The van der Waals surface area contributed by atoms with Crippen LogP contribution in [0.2, 0.25) is 0 Å². The number of nitrogens with one attached hydrogen (secondary N) is 1. The van der Waals surface area contributed by atoms with Gasteiger partial charge in [0.15, 0.2) is 0 Å². The number of hydrogen-bond acceptors (Lipinski definition) is 2. The second kappa shape index (κ2) is 5.70. The minimum absolute atomic E-state index is 1.05. The molecule has 1 aromatic carbocycles. The summed E-state index contributed by atoms with van der Waals surface area (Å²) in [6.07, 6.45) is 5.88. The first-order chi connectivity index (χ1) is 9.81. The average Bonchev–Trinajstić information content (AvgIpc) is 2.64. The summed E-state index contributed by atoms with van der Waals surface area (Å²) in [5.41, 5.74) is 5.18. The first-order valence-corrected chi connectivity index (χ1v) is 7.72. The molecular weight excluding hydrogens is 246 g/mol. The molecule has 1 aliphatic heterocycles. The van der Waals surface area contributed by atoms with E-state index >= 15 is 0 Å². The number of aromatic nitrogens is 2. The summed E-state index contributed by atoms with van der Waals surface area (Å²) in [4.78, 5) is 0. The van der Waals surface area contributed by atoms with Crippen molar-refractivity contribution in [3.63, 3.8) is 0 Å². The Morgan fingerprint density at radius 3 is 2.90 bits per heavy atom. The lowest BCUT2D eigenvalue weighted by atomic mass is 10.1. The van der Waals surface area contributed by atoms with Crippen LogP contribution in [0.5, 0.6) is 0 Å². The molecule has 0 bridgehead atoms. The standard InChI is InChI=1S/C17H23N3/c1-3-8-15-14-10-6-7-12-18-17(14)20(19-15)16-11-5-4-9-13(16)2/h4-5,9,11,18H,3,6-8,10,12H2,1-2H3. The van der Waals surface area contributed by atoms with Gasteiger partial charge >= 0.3 is 0 Å². The Balaban J connectivity index is 2.13. The zero-order chi connectivity index (χ0) is 13.9. The molecule has 0 fully saturated rings. The van der Waals surface area contributed by atoms with Crippen molar-refractivity contribution < 1.29 is 0 Å². The highest BCUT2D eigenvalue weighted by Gasteiger charge is 2.20. The van der Waals surface area contributed by atoms with E-state index in [1.165, 1.54) is 41.2 Å². The molecule has 0 saturated heterocycles. The predicted molar refractivity (Wildman–Crippen MR) is 83.7 cm³/mol. The van der Waals surface area contributed by atoms with Crippen LogP contribution in [0.25, 0.3) is 5.69 Å². The minimum Gasteiger partial charge on any atom is -0.370 e. The van der Waals surface area contributed by atoms with Crippen molar-refractivity contribution >= 4 is 5.82 Å². The smallest absolute Gasteiger partial charge is 0.133 e. The monoisotopic (exact) mass is 269 g/mol. The average molecular weight is 269 g/mol. The molecule has 2 aromatic rings. The fourth-order valence-corrected chi connectivity index (χ4v) is 2.99. The molecule has 3 nitrogen and oxygen atoms in total. The number of hydrogen-bond donors (Lipinski definition) is 1. The van der Waals surface area contributed by atoms with Gasteiger partial charge in [-0.15, -0.1) is 0 Å². The second-order valence-corrected chi connectivity index (χ2v) is 5.61. The number of anilines is 1. The lowest BCUT2D eigenvalue weighted by molar-refractivity contribution is 0.752. The molecule has 3 rings (SSSR count). The van der Waals surface area contributed by atoms with E-state index in [0.29, 0.717) is 0 Å². The molecule has 0 unspecified atom stereocenters. The summed E-state index contributed by atoms with van der Waals surface area (Å²) in [6.45, 7) is 5.43. The van der Waals surface area contributed by atoms with Crippen molar-refractivity contribution in [3.05, 3.63) is 41.1 Å². The fraction of sp³-hybridized carbons (Fsp3) is 0.471. The topological polar surface area (TPSA) is 29.9 Å². The van der Waals surface area contributed by atoms with Crippen LogP contribution in [0.3, 0.4) is 0 Å². The highest BCUT2D eigenvalue weighted by atomic mass is 15.3. The number of rotatable bonds is 3. The van der Waals surface area contributed by atoms with Crippen LogP contribution in [-0.4, -0.2) is 16.3 Å². The predicted octanol–water partition coefficient (Wildman–Crippen LogP) is 3.88. The van der Waals surface area contributed by atoms with Crippen molar-refractivity contribution in [2.24, 2.45) is 0 Å². The van der Waals surface area contributed by atoms with Gasteiger partial charge in [0, 0.05) is 12.1 Å². The van der Waals surface area contributed by atoms with Crippen molar-refractivity contribution in [3.8, 4) is 5.69 Å². The van der Waals surface area contributed by atoms with Crippen LogP contribution in [0.4, 0.5) is 5.82 Å². The lowest BCUT2D eigenvalue weighted by Crippen LogP contribution is -2.08.